The van der Waals surface area contributed by atoms with Crippen LogP contribution in [0.25, 0.3) is 0 Å². The van der Waals surface area contributed by atoms with E-state index >= 15 is 0 Å². The normalized spacial score (nSPS) is 12.2. The van der Waals surface area contributed by atoms with Gasteiger partial charge in [0, 0.05) is 5.92 Å². The van der Waals surface area contributed by atoms with Gasteiger partial charge in [-0.25, -0.2) is 0 Å². The number of rotatable bonds is 9. The lowest BCUT2D eigenvalue weighted by atomic mass is 9.90. The van der Waals surface area contributed by atoms with E-state index in [1.165, 1.54) is 16.7 Å². The molecule has 0 bridgehead atoms. The molecule has 2 rings (SSSR count). The predicted octanol–water partition coefficient (Wildman–Crippen LogP) is 4.71. The minimum atomic E-state index is 0.224. The van der Waals surface area contributed by atoms with Crippen molar-refractivity contribution in [1.29, 1.82) is 0 Å². The van der Waals surface area contributed by atoms with E-state index in [2.05, 4.69) is 57.2 Å². The topological polar surface area (TPSA) is 44.5 Å². The minimum absolute atomic E-state index is 0.224. The minimum Gasteiger partial charge on any atom is -0.494 e. The third kappa shape index (κ3) is 5.79. The second kappa shape index (κ2) is 9.47. The van der Waals surface area contributed by atoms with Crippen molar-refractivity contribution in [2.75, 3.05) is 19.8 Å². The van der Waals surface area contributed by atoms with E-state index in [4.69, 9.17) is 15.2 Å². The highest BCUT2D eigenvalue weighted by Crippen LogP contribution is 2.30. The van der Waals surface area contributed by atoms with E-state index in [9.17, 15) is 0 Å². The Hall–Kier alpha value is -2.00. The number of hydrogen-bond donors (Lipinski definition) is 1. The molecular weight excluding hydrogens is 310 g/mol. The predicted molar refractivity (Wildman–Crippen MR) is 105 cm³/mol. The number of ether oxygens (including phenoxy) is 2. The van der Waals surface area contributed by atoms with Crippen molar-refractivity contribution in [3.8, 4) is 11.5 Å². The molecule has 2 N–H and O–H groups in total. The lowest BCUT2D eigenvalue weighted by molar-refractivity contribution is 0.271. The molecule has 3 heteroatoms. The average molecular weight is 341 g/mol. The number of aryl methyl sites for hydroxylation is 1. The van der Waals surface area contributed by atoms with Crippen LogP contribution in [-0.2, 0) is 6.42 Å². The summed E-state index contributed by atoms with van der Waals surface area (Å²) in [7, 11) is 0. The number of benzene rings is 2. The maximum absolute atomic E-state index is 6.12. The first-order valence-corrected chi connectivity index (χ1v) is 9.18. The highest BCUT2D eigenvalue weighted by molar-refractivity contribution is 5.41. The summed E-state index contributed by atoms with van der Waals surface area (Å²) < 4.78 is 11.7. The Kier molecular flexibility index (Phi) is 7.32. The summed E-state index contributed by atoms with van der Waals surface area (Å²) in [6.07, 6.45) is 0.874. The van der Waals surface area contributed by atoms with Crippen molar-refractivity contribution < 1.29 is 9.47 Å². The van der Waals surface area contributed by atoms with E-state index in [-0.39, 0.29) is 5.92 Å². The van der Waals surface area contributed by atoms with Gasteiger partial charge in [-0.2, -0.15) is 0 Å². The Morgan fingerprint density at radius 3 is 2.52 bits per heavy atom. The summed E-state index contributed by atoms with van der Waals surface area (Å²) in [6, 6.07) is 14.7. The summed E-state index contributed by atoms with van der Waals surface area (Å²) in [6.45, 7) is 10.4. The molecule has 0 fully saturated rings. The molecule has 25 heavy (non-hydrogen) atoms. The molecule has 2 aromatic carbocycles. The SMILES string of the molecule is CCOc1ccc(C)cc1C(CN)Cc1cccc(OCC(C)C)c1. The Labute approximate surface area is 152 Å². The van der Waals surface area contributed by atoms with Gasteiger partial charge in [0.2, 0.25) is 0 Å². The Morgan fingerprint density at radius 2 is 1.84 bits per heavy atom. The van der Waals surface area contributed by atoms with Gasteiger partial charge in [0.1, 0.15) is 11.5 Å². The number of nitrogens with two attached hydrogens (primary N) is 1. The molecule has 0 spiro atoms. The molecule has 0 heterocycles. The number of hydrogen-bond acceptors (Lipinski definition) is 3. The van der Waals surface area contributed by atoms with E-state index in [1.807, 2.05) is 13.0 Å². The summed E-state index contributed by atoms with van der Waals surface area (Å²) in [5, 5.41) is 0. The van der Waals surface area contributed by atoms with Gasteiger partial charge in [0.25, 0.3) is 0 Å². The van der Waals surface area contributed by atoms with Gasteiger partial charge in [-0.15, -0.1) is 0 Å². The molecule has 0 saturated heterocycles. The van der Waals surface area contributed by atoms with Crippen molar-refractivity contribution in [2.45, 2.75) is 40.0 Å². The van der Waals surface area contributed by atoms with Crippen LogP contribution in [0.2, 0.25) is 0 Å². The van der Waals surface area contributed by atoms with Gasteiger partial charge >= 0.3 is 0 Å². The van der Waals surface area contributed by atoms with Crippen LogP contribution in [0.1, 0.15) is 43.4 Å². The zero-order chi connectivity index (χ0) is 18.2. The largest absolute Gasteiger partial charge is 0.494 e. The van der Waals surface area contributed by atoms with Crippen LogP contribution in [-0.4, -0.2) is 19.8 Å². The molecule has 1 atom stereocenters. The highest BCUT2D eigenvalue weighted by atomic mass is 16.5. The van der Waals surface area contributed by atoms with Gasteiger partial charge in [-0.3, -0.25) is 0 Å². The van der Waals surface area contributed by atoms with Crippen LogP contribution in [0.4, 0.5) is 0 Å². The second-order valence-electron chi connectivity index (χ2n) is 6.96. The molecule has 0 aliphatic carbocycles. The third-order valence-corrected chi connectivity index (χ3v) is 4.15. The Bertz CT molecular complexity index is 667. The molecule has 0 aromatic heterocycles. The molecule has 3 nitrogen and oxygen atoms in total. The van der Waals surface area contributed by atoms with Crippen molar-refractivity contribution in [2.24, 2.45) is 11.7 Å². The lowest BCUT2D eigenvalue weighted by Gasteiger charge is -2.20. The molecule has 2 aromatic rings. The van der Waals surface area contributed by atoms with Crippen molar-refractivity contribution in [3.05, 3.63) is 59.2 Å². The maximum atomic E-state index is 6.12. The monoisotopic (exact) mass is 341 g/mol. The molecule has 0 aliphatic heterocycles. The van der Waals surface area contributed by atoms with Gasteiger partial charge in [0.05, 0.1) is 13.2 Å². The van der Waals surface area contributed by atoms with Crippen LogP contribution in [0, 0.1) is 12.8 Å². The fourth-order valence-corrected chi connectivity index (χ4v) is 2.90. The molecule has 0 saturated carbocycles. The maximum Gasteiger partial charge on any atom is 0.122 e. The van der Waals surface area contributed by atoms with E-state index < -0.39 is 0 Å². The quantitative estimate of drug-likeness (QED) is 0.718. The molecule has 0 amide bonds. The van der Waals surface area contributed by atoms with Crippen LogP contribution < -0.4 is 15.2 Å². The van der Waals surface area contributed by atoms with E-state index in [0.717, 1.165) is 24.5 Å². The van der Waals surface area contributed by atoms with E-state index in [0.29, 0.717) is 19.1 Å². The second-order valence-corrected chi connectivity index (χ2v) is 6.96. The summed E-state index contributed by atoms with van der Waals surface area (Å²) in [5.74, 6) is 2.61. The summed E-state index contributed by atoms with van der Waals surface area (Å²) >= 11 is 0. The standard InChI is InChI=1S/C22H31NO2/c1-5-24-22-10-9-17(4)11-21(22)19(14-23)12-18-7-6-8-20(13-18)25-15-16(2)3/h6-11,13,16,19H,5,12,14-15,23H2,1-4H3. The van der Waals surface area contributed by atoms with Crippen molar-refractivity contribution in [3.63, 3.8) is 0 Å². The first kappa shape index (κ1) is 19.3. The van der Waals surface area contributed by atoms with Gasteiger partial charge in [-0.1, -0.05) is 43.7 Å². The fourth-order valence-electron chi connectivity index (χ4n) is 2.90. The van der Waals surface area contributed by atoms with Crippen molar-refractivity contribution >= 4 is 0 Å². The van der Waals surface area contributed by atoms with Crippen LogP contribution >= 0.6 is 0 Å². The zero-order valence-electron chi connectivity index (χ0n) is 15.9. The van der Waals surface area contributed by atoms with Gasteiger partial charge in [0.15, 0.2) is 0 Å². The molecular formula is C22H31NO2. The fraction of sp³-hybridized carbons (Fsp3) is 0.455. The summed E-state index contributed by atoms with van der Waals surface area (Å²) in [4.78, 5) is 0. The van der Waals surface area contributed by atoms with E-state index in [1.54, 1.807) is 0 Å². The van der Waals surface area contributed by atoms with Crippen molar-refractivity contribution in [1.82, 2.24) is 0 Å². The van der Waals surface area contributed by atoms with Gasteiger partial charge < -0.3 is 15.2 Å². The Balaban J connectivity index is 2.20. The smallest absolute Gasteiger partial charge is 0.122 e. The molecule has 136 valence electrons. The molecule has 0 aliphatic rings. The van der Waals surface area contributed by atoms with Crippen LogP contribution in [0.15, 0.2) is 42.5 Å². The van der Waals surface area contributed by atoms with Crippen LogP contribution in [0.3, 0.4) is 0 Å². The van der Waals surface area contributed by atoms with Crippen LogP contribution in [0.5, 0.6) is 11.5 Å². The zero-order valence-corrected chi connectivity index (χ0v) is 15.9. The van der Waals surface area contributed by atoms with Gasteiger partial charge in [-0.05, 0) is 62.1 Å². The first-order valence-electron chi connectivity index (χ1n) is 9.18. The lowest BCUT2D eigenvalue weighted by Crippen LogP contribution is -2.16. The Morgan fingerprint density at radius 1 is 1.04 bits per heavy atom. The third-order valence-electron chi connectivity index (χ3n) is 4.15. The highest BCUT2D eigenvalue weighted by Gasteiger charge is 2.16. The summed E-state index contributed by atoms with van der Waals surface area (Å²) in [5.41, 5.74) is 9.77. The molecule has 1 unspecified atom stereocenters. The average Bonchev–Trinajstić information content (AvgIpc) is 2.60. The molecule has 0 radical (unpaired) electrons. The first-order chi connectivity index (χ1) is 12.0.